The first-order valence-corrected chi connectivity index (χ1v) is 8.62. The largest absolute Gasteiger partial charge is 0.492 e. The zero-order valence-electron chi connectivity index (χ0n) is 13.6. The first kappa shape index (κ1) is 18.4. The van der Waals surface area contributed by atoms with Crippen LogP contribution < -0.4 is 19.5 Å². The molecule has 0 radical (unpaired) electrons. The number of carbonyl (C=O) groups is 2. The zero-order chi connectivity index (χ0) is 18.5. The SMILES string of the molecule is O=C1COc2cc(OC(=O)CCCOc3ccc(Cl)cc3Cl)ccc2N1. The first-order chi connectivity index (χ1) is 12.5. The van der Waals surface area contributed by atoms with Gasteiger partial charge in [-0.15, -0.1) is 0 Å². The molecule has 1 heterocycles. The Morgan fingerprint density at radius 1 is 1.19 bits per heavy atom. The van der Waals surface area contributed by atoms with E-state index in [9.17, 15) is 9.59 Å². The highest BCUT2D eigenvalue weighted by atomic mass is 35.5. The molecular formula is C18H15Cl2NO5. The van der Waals surface area contributed by atoms with Crippen LogP contribution in [0, 0.1) is 0 Å². The number of amides is 1. The summed E-state index contributed by atoms with van der Waals surface area (Å²) in [7, 11) is 0. The van der Waals surface area contributed by atoms with E-state index in [2.05, 4.69) is 5.32 Å². The summed E-state index contributed by atoms with van der Waals surface area (Å²) in [6, 6.07) is 9.73. The van der Waals surface area contributed by atoms with Crippen LogP contribution in [0.3, 0.4) is 0 Å². The van der Waals surface area contributed by atoms with Crippen molar-refractivity contribution in [1.29, 1.82) is 0 Å². The molecule has 0 aromatic heterocycles. The molecule has 2 aromatic rings. The van der Waals surface area contributed by atoms with E-state index in [-0.39, 0.29) is 18.9 Å². The van der Waals surface area contributed by atoms with Crippen LogP contribution in [0.15, 0.2) is 36.4 Å². The van der Waals surface area contributed by atoms with E-state index in [1.165, 1.54) is 0 Å². The number of nitrogens with one attached hydrogen (secondary N) is 1. The summed E-state index contributed by atoms with van der Waals surface area (Å²) in [5.74, 6) is 0.721. The van der Waals surface area contributed by atoms with Gasteiger partial charge in [-0.1, -0.05) is 23.2 Å². The van der Waals surface area contributed by atoms with Crippen LogP contribution >= 0.6 is 23.2 Å². The lowest BCUT2D eigenvalue weighted by Gasteiger charge is -2.18. The van der Waals surface area contributed by atoms with Crippen LogP contribution in [-0.4, -0.2) is 25.1 Å². The highest BCUT2D eigenvalue weighted by molar-refractivity contribution is 6.35. The van der Waals surface area contributed by atoms with Gasteiger partial charge in [-0.3, -0.25) is 9.59 Å². The van der Waals surface area contributed by atoms with Crippen LogP contribution in [0.5, 0.6) is 17.2 Å². The molecule has 0 saturated heterocycles. The van der Waals surface area contributed by atoms with Gasteiger partial charge in [0.05, 0.1) is 17.3 Å². The number of hydrogen-bond donors (Lipinski definition) is 1. The van der Waals surface area contributed by atoms with E-state index in [4.69, 9.17) is 37.4 Å². The fourth-order valence-corrected chi connectivity index (χ4v) is 2.75. The van der Waals surface area contributed by atoms with Crippen molar-refractivity contribution in [2.45, 2.75) is 12.8 Å². The molecule has 0 bridgehead atoms. The van der Waals surface area contributed by atoms with Gasteiger partial charge in [0.25, 0.3) is 5.91 Å². The average molecular weight is 396 g/mol. The van der Waals surface area contributed by atoms with E-state index < -0.39 is 5.97 Å². The van der Waals surface area contributed by atoms with Gasteiger partial charge in [-0.05, 0) is 36.8 Å². The second kappa shape index (κ2) is 8.29. The van der Waals surface area contributed by atoms with Gasteiger partial charge in [-0.2, -0.15) is 0 Å². The lowest BCUT2D eigenvalue weighted by molar-refractivity contribution is -0.134. The number of halogens is 2. The van der Waals surface area contributed by atoms with Crippen LogP contribution in [-0.2, 0) is 9.59 Å². The maximum atomic E-state index is 11.9. The van der Waals surface area contributed by atoms with Crippen LogP contribution in [0.1, 0.15) is 12.8 Å². The topological polar surface area (TPSA) is 73.9 Å². The molecule has 1 N–H and O–H groups in total. The molecule has 0 atom stereocenters. The van der Waals surface area contributed by atoms with Crippen LogP contribution in [0.4, 0.5) is 5.69 Å². The van der Waals surface area contributed by atoms with Gasteiger partial charge in [0.1, 0.15) is 17.2 Å². The van der Waals surface area contributed by atoms with Gasteiger partial charge >= 0.3 is 5.97 Å². The standard InChI is InChI=1S/C18H15Cl2NO5/c19-11-3-6-15(13(20)8-11)24-7-1-2-18(23)26-12-4-5-14-16(9-12)25-10-17(22)21-14/h3-6,8-9H,1-2,7,10H2,(H,21,22). The normalized spacial score (nSPS) is 12.6. The van der Waals surface area contributed by atoms with Crippen molar-refractivity contribution in [1.82, 2.24) is 0 Å². The molecule has 0 saturated carbocycles. The quantitative estimate of drug-likeness (QED) is 0.452. The number of hydrogen-bond acceptors (Lipinski definition) is 5. The smallest absolute Gasteiger partial charge is 0.311 e. The first-order valence-electron chi connectivity index (χ1n) is 7.86. The molecule has 8 heteroatoms. The lowest BCUT2D eigenvalue weighted by Crippen LogP contribution is -2.25. The molecule has 6 nitrogen and oxygen atoms in total. The summed E-state index contributed by atoms with van der Waals surface area (Å²) in [6.45, 7) is 0.255. The van der Waals surface area contributed by atoms with Gasteiger partial charge in [0, 0.05) is 17.5 Å². The highest BCUT2D eigenvalue weighted by Gasteiger charge is 2.17. The summed E-state index contributed by atoms with van der Waals surface area (Å²) in [5, 5.41) is 3.61. The molecule has 1 amide bonds. The van der Waals surface area contributed by atoms with Gasteiger partial charge < -0.3 is 19.5 Å². The Bertz CT molecular complexity index is 840. The van der Waals surface area contributed by atoms with Crippen molar-refractivity contribution >= 4 is 40.8 Å². The minimum absolute atomic E-state index is 0.0605. The Labute approximate surface area is 159 Å². The minimum atomic E-state index is -0.393. The molecule has 0 spiro atoms. The van der Waals surface area contributed by atoms with Crippen molar-refractivity contribution in [2.75, 3.05) is 18.5 Å². The number of esters is 1. The molecule has 136 valence electrons. The fourth-order valence-electron chi connectivity index (χ4n) is 2.29. The molecule has 26 heavy (non-hydrogen) atoms. The maximum absolute atomic E-state index is 11.9. The van der Waals surface area contributed by atoms with Crippen molar-refractivity contribution in [2.24, 2.45) is 0 Å². The summed E-state index contributed by atoms with van der Waals surface area (Å²) in [4.78, 5) is 23.2. The Morgan fingerprint density at radius 2 is 2.04 bits per heavy atom. The van der Waals surface area contributed by atoms with Gasteiger partial charge in [0.15, 0.2) is 6.61 Å². The molecule has 1 aliphatic heterocycles. The van der Waals surface area contributed by atoms with Crippen molar-refractivity contribution in [3.63, 3.8) is 0 Å². The number of carbonyl (C=O) groups excluding carboxylic acids is 2. The Balaban J connectivity index is 1.45. The number of ether oxygens (including phenoxy) is 3. The lowest BCUT2D eigenvalue weighted by atomic mass is 10.2. The Hall–Kier alpha value is -2.44. The van der Waals surface area contributed by atoms with Gasteiger partial charge in [-0.25, -0.2) is 0 Å². The van der Waals surface area contributed by atoms with Crippen molar-refractivity contribution < 1.29 is 23.8 Å². The second-order valence-electron chi connectivity index (χ2n) is 5.50. The highest BCUT2D eigenvalue weighted by Crippen LogP contribution is 2.32. The fraction of sp³-hybridized carbons (Fsp3) is 0.222. The molecule has 1 aliphatic rings. The predicted molar refractivity (Wildman–Crippen MR) is 97.4 cm³/mol. The molecule has 0 fully saturated rings. The van der Waals surface area contributed by atoms with Crippen LogP contribution in [0.2, 0.25) is 10.0 Å². The van der Waals surface area contributed by atoms with Crippen molar-refractivity contribution in [3.05, 3.63) is 46.4 Å². The third kappa shape index (κ3) is 4.80. The summed E-state index contributed by atoms with van der Waals surface area (Å²) in [6.07, 6.45) is 0.648. The molecule has 2 aromatic carbocycles. The van der Waals surface area contributed by atoms with E-state index >= 15 is 0 Å². The monoisotopic (exact) mass is 395 g/mol. The van der Waals surface area contributed by atoms with E-state index in [0.717, 1.165) is 0 Å². The third-order valence-corrected chi connectivity index (χ3v) is 4.02. The summed E-state index contributed by atoms with van der Waals surface area (Å²) in [5.41, 5.74) is 0.550. The molecule has 0 unspecified atom stereocenters. The van der Waals surface area contributed by atoms with E-state index in [1.54, 1.807) is 36.4 Å². The minimum Gasteiger partial charge on any atom is -0.492 e. The summed E-state index contributed by atoms with van der Waals surface area (Å²) >= 11 is 11.8. The van der Waals surface area contributed by atoms with Crippen LogP contribution in [0.25, 0.3) is 0 Å². The number of anilines is 1. The average Bonchev–Trinajstić information content (AvgIpc) is 2.60. The Kier molecular flexibility index (Phi) is 5.85. The number of rotatable bonds is 6. The molecular weight excluding hydrogens is 381 g/mol. The van der Waals surface area contributed by atoms with Crippen molar-refractivity contribution in [3.8, 4) is 17.2 Å². The third-order valence-electron chi connectivity index (χ3n) is 3.49. The predicted octanol–water partition coefficient (Wildman–Crippen LogP) is 4.09. The number of benzene rings is 2. The van der Waals surface area contributed by atoms with E-state index in [0.29, 0.717) is 46.0 Å². The number of fused-ring (bicyclic) bond motifs is 1. The maximum Gasteiger partial charge on any atom is 0.311 e. The second-order valence-corrected chi connectivity index (χ2v) is 6.34. The zero-order valence-corrected chi connectivity index (χ0v) is 15.1. The molecule has 3 rings (SSSR count). The van der Waals surface area contributed by atoms with E-state index in [1.807, 2.05) is 0 Å². The Morgan fingerprint density at radius 3 is 2.85 bits per heavy atom. The van der Waals surface area contributed by atoms with Gasteiger partial charge in [0.2, 0.25) is 0 Å². The molecule has 0 aliphatic carbocycles. The summed E-state index contributed by atoms with van der Waals surface area (Å²) < 4.78 is 16.1.